The predicted octanol–water partition coefficient (Wildman–Crippen LogP) is 2.05. The zero-order valence-corrected chi connectivity index (χ0v) is 29.2. The minimum Gasteiger partial charge on any atom is -0.497 e. The van der Waals surface area contributed by atoms with Crippen molar-refractivity contribution in [2.24, 2.45) is 5.73 Å². The molecule has 5 rings (SSSR count). The number of rotatable bonds is 15. The Balaban J connectivity index is 1.41. The minimum absolute atomic E-state index is 0.286. The number of alkyl halides is 3. The number of urea groups is 1. The van der Waals surface area contributed by atoms with E-state index in [1.807, 2.05) is 72.8 Å². The summed E-state index contributed by atoms with van der Waals surface area (Å²) in [4.78, 5) is 50.1. The van der Waals surface area contributed by atoms with Crippen molar-refractivity contribution in [2.45, 2.75) is 48.9 Å². The summed E-state index contributed by atoms with van der Waals surface area (Å²) in [5.41, 5.74) is 5.15. The van der Waals surface area contributed by atoms with Crippen LogP contribution in [-0.2, 0) is 34.2 Å². The highest BCUT2D eigenvalue weighted by atomic mass is 19.4. The van der Waals surface area contributed by atoms with Crippen LogP contribution in [0.4, 0.5) is 18.0 Å². The molecule has 6 N–H and O–H groups in total. The number of carbonyl (C=O) groups is 4. The van der Waals surface area contributed by atoms with E-state index >= 15 is 0 Å². The normalized spacial score (nSPS) is 22.7. The van der Waals surface area contributed by atoms with Gasteiger partial charge >= 0.3 is 18.1 Å². The smallest absolute Gasteiger partial charge is 0.471 e. The number of Topliss-reactive ketones (excluding diaryl/α,β-unsaturated/α-hetero) is 1. The molecule has 1 saturated heterocycles. The molecule has 1 unspecified atom stereocenters. The molecule has 3 aromatic rings. The molecule has 17 heteroatoms. The second kappa shape index (κ2) is 16.8. The highest BCUT2D eigenvalue weighted by Gasteiger charge is 2.51. The summed E-state index contributed by atoms with van der Waals surface area (Å²) in [7, 11) is 1.55. The Bertz CT molecular complexity index is 1780. The minimum atomic E-state index is -5.08. The van der Waals surface area contributed by atoms with Crippen LogP contribution < -0.4 is 26.4 Å². The van der Waals surface area contributed by atoms with Crippen molar-refractivity contribution in [1.29, 1.82) is 0 Å². The van der Waals surface area contributed by atoms with Crippen LogP contribution in [0.5, 0.6) is 5.75 Å². The van der Waals surface area contributed by atoms with Crippen molar-refractivity contribution in [3.63, 3.8) is 0 Å². The number of carbonyl (C=O) groups excluding carboxylic acids is 4. The number of hydrogen-bond acceptors (Lipinski definition) is 10. The van der Waals surface area contributed by atoms with Crippen molar-refractivity contribution in [1.82, 2.24) is 20.9 Å². The number of methoxy groups -OCH3 is 1. The highest BCUT2D eigenvalue weighted by Crippen LogP contribution is 2.42. The van der Waals surface area contributed by atoms with Crippen LogP contribution in [-0.4, -0.2) is 103 Å². The SMILES string of the molecule is COc1ccc(C(OC[C@H]2O[C@@H](N3C=CC(N)(C(C)=O)NC3=O)[C@H](OCC(=O)NCCNC(=O)C(F)(F)F)[C@@H]2O)(c2ccccc2)c2ccccc2)cc1. The lowest BCUT2D eigenvalue weighted by Crippen LogP contribution is -2.65. The van der Waals surface area contributed by atoms with Crippen LogP contribution in [0, 0.1) is 0 Å². The van der Waals surface area contributed by atoms with Crippen LogP contribution in [0.1, 0.15) is 23.6 Å². The number of ether oxygens (including phenoxy) is 4. The molecule has 54 heavy (non-hydrogen) atoms. The number of hydrogen-bond donors (Lipinski definition) is 5. The molecular formula is C37H40F3N5O9. The molecule has 2 aliphatic rings. The van der Waals surface area contributed by atoms with Gasteiger partial charge in [0.1, 0.15) is 36.3 Å². The van der Waals surface area contributed by atoms with Gasteiger partial charge in [-0.1, -0.05) is 72.8 Å². The molecule has 1 fully saturated rings. The van der Waals surface area contributed by atoms with Gasteiger partial charge in [0.05, 0.1) is 13.7 Å². The zero-order chi connectivity index (χ0) is 39.1. The van der Waals surface area contributed by atoms with Crippen molar-refractivity contribution in [2.75, 3.05) is 33.4 Å². The first-order chi connectivity index (χ1) is 25.7. The lowest BCUT2D eigenvalue weighted by atomic mass is 9.80. The van der Waals surface area contributed by atoms with E-state index in [2.05, 4.69) is 10.6 Å². The molecule has 288 valence electrons. The van der Waals surface area contributed by atoms with E-state index < -0.39 is 78.8 Å². The molecular weight excluding hydrogens is 715 g/mol. The maximum absolute atomic E-state index is 13.3. The molecule has 0 bridgehead atoms. The molecule has 2 heterocycles. The Morgan fingerprint density at radius 3 is 2.06 bits per heavy atom. The molecule has 0 saturated carbocycles. The number of halogens is 3. The van der Waals surface area contributed by atoms with Crippen LogP contribution in [0.2, 0.25) is 0 Å². The van der Waals surface area contributed by atoms with Gasteiger partial charge < -0.3 is 40.0 Å². The van der Waals surface area contributed by atoms with Crippen LogP contribution >= 0.6 is 0 Å². The summed E-state index contributed by atoms with van der Waals surface area (Å²) in [5, 5.41) is 18.0. The summed E-state index contributed by atoms with van der Waals surface area (Å²) in [6, 6.07) is 25.1. The lowest BCUT2D eigenvalue weighted by molar-refractivity contribution is -0.173. The molecule has 0 spiro atoms. The van der Waals surface area contributed by atoms with Gasteiger partial charge in [-0.25, -0.2) is 4.79 Å². The Labute approximate surface area is 308 Å². The highest BCUT2D eigenvalue weighted by molar-refractivity contribution is 5.93. The van der Waals surface area contributed by atoms with Gasteiger partial charge in [0.15, 0.2) is 17.7 Å². The van der Waals surface area contributed by atoms with Crippen molar-refractivity contribution in [3.05, 3.63) is 114 Å². The summed E-state index contributed by atoms with van der Waals surface area (Å²) in [6.07, 6.45) is -8.12. The van der Waals surface area contributed by atoms with Crippen LogP contribution in [0.15, 0.2) is 97.2 Å². The van der Waals surface area contributed by atoms with Gasteiger partial charge in [-0.3, -0.25) is 25.0 Å². The number of aliphatic hydroxyl groups excluding tert-OH is 1. The topological polar surface area (TPSA) is 191 Å². The fourth-order valence-electron chi connectivity index (χ4n) is 6.04. The Morgan fingerprint density at radius 1 is 0.944 bits per heavy atom. The summed E-state index contributed by atoms with van der Waals surface area (Å²) in [5.74, 6) is -2.91. The lowest BCUT2D eigenvalue weighted by Gasteiger charge is -2.37. The van der Waals surface area contributed by atoms with E-state index in [9.17, 15) is 37.5 Å². The summed E-state index contributed by atoms with van der Waals surface area (Å²) in [6.45, 7) is -0.695. The number of ketones is 1. The number of nitrogens with zero attached hydrogens (tertiary/aromatic N) is 1. The monoisotopic (exact) mass is 755 g/mol. The molecule has 5 atom stereocenters. The Morgan fingerprint density at radius 2 is 1.52 bits per heavy atom. The van der Waals surface area contributed by atoms with E-state index in [1.165, 1.54) is 19.2 Å². The van der Waals surface area contributed by atoms with Crippen molar-refractivity contribution in [3.8, 4) is 5.75 Å². The molecule has 0 aliphatic carbocycles. The first-order valence-electron chi connectivity index (χ1n) is 16.8. The number of benzene rings is 3. The van der Waals surface area contributed by atoms with Gasteiger partial charge in [-0.2, -0.15) is 13.2 Å². The van der Waals surface area contributed by atoms with Crippen molar-refractivity contribution < 1.29 is 56.4 Å². The third kappa shape index (κ3) is 8.72. The average molecular weight is 756 g/mol. The molecule has 0 radical (unpaired) electrons. The van der Waals surface area contributed by atoms with Gasteiger partial charge in [-0.05, 0) is 41.8 Å². The number of aliphatic hydroxyl groups is 1. The third-order valence-corrected chi connectivity index (χ3v) is 8.93. The Kier molecular flexibility index (Phi) is 12.4. The Hall–Kier alpha value is -5.33. The standard InChI is InChI=1S/C37H40F3N5O9/c1-23(46)35(41)17-20-45(34(50)44-35)32-31(52-22-29(47)42-18-19-43-33(49)37(38,39)40)30(48)28(54-32)21-53-36(24-9-5-3-6-10-24,25-11-7-4-8-12-25)26-13-15-27(51-2)16-14-26/h3-17,20,28,30-32,48H,18-19,21-22,41H2,1-2H3,(H,42,47)(H,43,49)(H,44,50)/t28-,30-,31-,32-,35?/m1/s1. The second-order valence-corrected chi connectivity index (χ2v) is 12.5. The van der Waals surface area contributed by atoms with E-state index in [1.54, 1.807) is 24.6 Å². The van der Waals surface area contributed by atoms with Gasteiger partial charge in [0.2, 0.25) is 5.91 Å². The van der Waals surface area contributed by atoms with E-state index in [4.69, 9.17) is 24.7 Å². The van der Waals surface area contributed by atoms with E-state index in [0.29, 0.717) is 11.3 Å². The quantitative estimate of drug-likeness (QED) is 0.113. The first-order valence-corrected chi connectivity index (χ1v) is 16.8. The van der Waals surface area contributed by atoms with Gasteiger partial charge in [-0.15, -0.1) is 0 Å². The van der Waals surface area contributed by atoms with E-state index in [0.717, 1.165) is 16.0 Å². The van der Waals surface area contributed by atoms with Crippen LogP contribution in [0.3, 0.4) is 0 Å². The number of nitrogens with two attached hydrogens (primary N) is 1. The zero-order valence-electron chi connectivity index (χ0n) is 29.2. The predicted molar refractivity (Wildman–Crippen MR) is 185 cm³/mol. The maximum Gasteiger partial charge on any atom is 0.471 e. The third-order valence-electron chi connectivity index (χ3n) is 8.93. The summed E-state index contributed by atoms with van der Waals surface area (Å²) < 4.78 is 61.7. The molecule has 3 aromatic carbocycles. The van der Waals surface area contributed by atoms with Crippen LogP contribution in [0.25, 0.3) is 0 Å². The average Bonchev–Trinajstić information content (AvgIpc) is 3.47. The second-order valence-electron chi connectivity index (χ2n) is 12.5. The molecule has 2 aliphatic heterocycles. The maximum atomic E-state index is 13.3. The first kappa shape index (κ1) is 39.9. The van der Waals surface area contributed by atoms with E-state index in [-0.39, 0.29) is 13.2 Å². The fourth-order valence-corrected chi connectivity index (χ4v) is 6.04. The number of nitrogens with one attached hydrogen (secondary N) is 3. The summed E-state index contributed by atoms with van der Waals surface area (Å²) >= 11 is 0. The molecule has 0 aromatic heterocycles. The van der Waals surface area contributed by atoms with Gasteiger partial charge in [0.25, 0.3) is 0 Å². The van der Waals surface area contributed by atoms with Gasteiger partial charge in [0, 0.05) is 19.3 Å². The molecule has 4 amide bonds. The fraction of sp³-hybridized carbons (Fsp3) is 0.351. The molecule has 14 nitrogen and oxygen atoms in total. The number of amides is 4. The largest absolute Gasteiger partial charge is 0.497 e. The van der Waals surface area contributed by atoms with Crippen molar-refractivity contribution >= 4 is 23.6 Å².